The molecule has 0 bridgehead atoms. The normalized spacial score (nSPS) is 10.9. The van der Waals surface area contributed by atoms with Crippen LogP contribution in [0, 0.1) is 0 Å². The Morgan fingerprint density at radius 2 is 2.00 bits per heavy atom. The first kappa shape index (κ1) is 8.67. The standard InChI is InChI=1S/C8H17N/c1-3-5-6-7-8-9-4-2/h8H,3-7H2,1-2H3. The largest absolute Gasteiger partial charge is 0.298 e. The Hall–Kier alpha value is -0.330. The summed E-state index contributed by atoms with van der Waals surface area (Å²) in [6.07, 6.45) is 7.16. The van der Waals surface area contributed by atoms with Crippen molar-refractivity contribution in [3.05, 3.63) is 0 Å². The molecule has 1 heteroatoms. The molecule has 0 saturated carbocycles. The summed E-state index contributed by atoms with van der Waals surface area (Å²) in [6.45, 7) is 5.22. The number of hydrogen-bond donors (Lipinski definition) is 0. The zero-order valence-corrected chi connectivity index (χ0v) is 6.56. The second kappa shape index (κ2) is 7.67. The lowest BCUT2D eigenvalue weighted by Gasteiger charge is -1.89. The molecule has 54 valence electrons. The topological polar surface area (TPSA) is 12.4 Å². The van der Waals surface area contributed by atoms with Crippen LogP contribution in [-0.2, 0) is 0 Å². The first-order valence-corrected chi connectivity index (χ1v) is 3.90. The Kier molecular flexibility index (Phi) is 7.39. The van der Waals surface area contributed by atoms with Gasteiger partial charge in [-0.1, -0.05) is 19.8 Å². The van der Waals surface area contributed by atoms with E-state index in [1.165, 1.54) is 25.7 Å². The summed E-state index contributed by atoms with van der Waals surface area (Å²) < 4.78 is 0. The minimum Gasteiger partial charge on any atom is -0.298 e. The van der Waals surface area contributed by atoms with Crippen LogP contribution in [0.15, 0.2) is 4.99 Å². The van der Waals surface area contributed by atoms with Gasteiger partial charge in [-0.2, -0.15) is 0 Å². The molecule has 0 spiro atoms. The summed E-state index contributed by atoms with van der Waals surface area (Å²) in [6, 6.07) is 0. The third-order valence-corrected chi connectivity index (χ3v) is 1.25. The summed E-state index contributed by atoms with van der Waals surface area (Å²) in [5, 5.41) is 0. The molecule has 0 rings (SSSR count). The Balaban J connectivity index is 2.82. The van der Waals surface area contributed by atoms with Crippen molar-refractivity contribution in [3.63, 3.8) is 0 Å². The summed E-state index contributed by atoms with van der Waals surface area (Å²) in [7, 11) is 0. The highest BCUT2D eigenvalue weighted by molar-refractivity contribution is 5.56. The van der Waals surface area contributed by atoms with Crippen molar-refractivity contribution in [2.45, 2.75) is 39.5 Å². The molecule has 0 aromatic carbocycles. The van der Waals surface area contributed by atoms with Gasteiger partial charge in [0.15, 0.2) is 0 Å². The van der Waals surface area contributed by atoms with Crippen LogP contribution in [-0.4, -0.2) is 12.8 Å². The van der Waals surface area contributed by atoms with Crippen molar-refractivity contribution in [3.8, 4) is 0 Å². The number of nitrogens with zero attached hydrogens (tertiary/aromatic N) is 1. The lowest BCUT2D eigenvalue weighted by molar-refractivity contribution is 0.745. The Labute approximate surface area is 58.2 Å². The zero-order chi connectivity index (χ0) is 6.95. The van der Waals surface area contributed by atoms with Gasteiger partial charge in [0.2, 0.25) is 0 Å². The fourth-order valence-corrected chi connectivity index (χ4v) is 0.706. The average Bonchev–Trinajstić information content (AvgIpc) is 1.89. The number of aliphatic imine (C=N–C) groups is 1. The van der Waals surface area contributed by atoms with Gasteiger partial charge in [0.25, 0.3) is 0 Å². The van der Waals surface area contributed by atoms with Gasteiger partial charge in [-0.25, -0.2) is 0 Å². The predicted octanol–water partition coefficient (Wildman–Crippen LogP) is 2.66. The molecule has 0 aliphatic carbocycles. The third-order valence-electron chi connectivity index (χ3n) is 1.25. The van der Waals surface area contributed by atoms with E-state index in [0.717, 1.165) is 6.54 Å². The van der Waals surface area contributed by atoms with Crippen LogP contribution in [0.2, 0.25) is 0 Å². The summed E-state index contributed by atoms with van der Waals surface area (Å²) >= 11 is 0. The van der Waals surface area contributed by atoms with Crippen molar-refractivity contribution in [1.29, 1.82) is 0 Å². The third kappa shape index (κ3) is 7.67. The van der Waals surface area contributed by atoms with E-state index in [1.807, 2.05) is 6.21 Å². The number of unbranched alkanes of at least 4 members (excludes halogenated alkanes) is 3. The van der Waals surface area contributed by atoms with Gasteiger partial charge in [-0.15, -0.1) is 0 Å². The maximum Gasteiger partial charge on any atom is 0.0357 e. The number of hydrogen-bond acceptors (Lipinski definition) is 1. The fourth-order valence-electron chi connectivity index (χ4n) is 0.706. The van der Waals surface area contributed by atoms with Gasteiger partial charge >= 0.3 is 0 Å². The molecule has 0 aromatic rings. The molecule has 0 N–H and O–H groups in total. The smallest absolute Gasteiger partial charge is 0.0357 e. The zero-order valence-electron chi connectivity index (χ0n) is 6.56. The first-order valence-electron chi connectivity index (χ1n) is 3.90. The SMILES string of the molecule is CCCCCC=NCC. The minimum atomic E-state index is 0.937. The molecule has 0 heterocycles. The minimum absolute atomic E-state index is 0.937. The fraction of sp³-hybridized carbons (Fsp3) is 0.875. The molecule has 0 fully saturated rings. The van der Waals surface area contributed by atoms with Crippen molar-refractivity contribution >= 4 is 6.21 Å². The molecular formula is C8H17N. The lowest BCUT2D eigenvalue weighted by atomic mass is 10.2. The molecule has 0 unspecified atom stereocenters. The van der Waals surface area contributed by atoms with Crippen molar-refractivity contribution in [2.75, 3.05) is 6.54 Å². The van der Waals surface area contributed by atoms with Crippen LogP contribution in [0.3, 0.4) is 0 Å². The van der Waals surface area contributed by atoms with Crippen molar-refractivity contribution in [2.24, 2.45) is 4.99 Å². The molecule has 1 nitrogen and oxygen atoms in total. The Morgan fingerprint density at radius 3 is 2.56 bits per heavy atom. The van der Waals surface area contributed by atoms with Crippen LogP contribution in [0.4, 0.5) is 0 Å². The van der Waals surface area contributed by atoms with Crippen LogP contribution >= 0.6 is 0 Å². The van der Waals surface area contributed by atoms with E-state index in [0.29, 0.717) is 0 Å². The summed E-state index contributed by atoms with van der Waals surface area (Å²) in [5.74, 6) is 0. The molecule has 0 atom stereocenters. The van der Waals surface area contributed by atoms with Gasteiger partial charge in [-0.05, 0) is 26.0 Å². The second-order valence-electron chi connectivity index (χ2n) is 2.18. The average molecular weight is 127 g/mol. The van der Waals surface area contributed by atoms with Gasteiger partial charge < -0.3 is 0 Å². The highest BCUT2D eigenvalue weighted by Gasteiger charge is 1.80. The molecule has 0 aliphatic rings. The summed E-state index contributed by atoms with van der Waals surface area (Å²) in [5.41, 5.74) is 0. The Morgan fingerprint density at radius 1 is 1.22 bits per heavy atom. The molecule has 0 saturated heterocycles. The Bertz CT molecular complexity index is 67.0. The highest BCUT2D eigenvalue weighted by atomic mass is 14.7. The van der Waals surface area contributed by atoms with Crippen molar-refractivity contribution < 1.29 is 0 Å². The van der Waals surface area contributed by atoms with E-state index in [2.05, 4.69) is 18.8 Å². The molecule has 0 aromatic heterocycles. The van der Waals surface area contributed by atoms with Crippen LogP contribution in [0.5, 0.6) is 0 Å². The molecule has 0 aliphatic heterocycles. The van der Waals surface area contributed by atoms with E-state index >= 15 is 0 Å². The summed E-state index contributed by atoms with van der Waals surface area (Å²) in [4.78, 5) is 4.12. The molecule has 0 radical (unpaired) electrons. The number of rotatable bonds is 5. The van der Waals surface area contributed by atoms with Crippen LogP contribution < -0.4 is 0 Å². The molecule has 0 amide bonds. The first-order chi connectivity index (χ1) is 4.41. The van der Waals surface area contributed by atoms with Gasteiger partial charge in [0.1, 0.15) is 0 Å². The highest BCUT2D eigenvalue weighted by Crippen LogP contribution is 1.95. The quantitative estimate of drug-likeness (QED) is 0.397. The van der Waals surface area contributed by atoms with E-state index in [1.54, 1.807) is 0 Å². The van der Waals surface area contributed by atoms with Gasteiger partial charge in [0, 0.05) is 6.54 Å². The van der Waals surface area contributed by atoms with Crippen molar-refractivity contribution in [1.82, 2.24) is 0 Å². The van der Waals surface area contributed by atoms with E-state index in [4.69, 9.17) is 0 Å². The molecular weight excluding hydrogens is 110 g/mol. The predicted molar refractivity (Wildman–Crippen MR) is 43.2 cm³/mol. The maximum absolute atomic E-state index is 4.12. The monoisotopic (exact) mass is 127 g/mol. The van der Waals surface area contributed by atoms with Gasteiger partial charge in [-0.3, -0.25) is 4.99 Å². The van der Waals surface area contributed by atoms with Crippen LogP contribution in [0.1, 0.15) is 39.5 Å². The van der Waals surface area contributed by atoms with Crippen LogP contribution in [0.25, 0.3) is 0 Å². The molecule has 9 heavy (non-hydrogen) atoms. The maximum atomic E-state index is 4.12. The van der Waals surface area contributed by atoms with E-state index in [9.17, 15) is 0 Å². The van der Waals surface area contributed by atoms with E-state index < -0.39 is 0 Å². The van der Waals surface area contributed by atoms with E-state index in [-0.39, 0.29) is 0 Å². The van der Waals surface area contributed by atoms with Gasteiger partial charge in [0.05, 0.1) is 0 Å². The lowest BCUT2D eigenvalue weighted by Crippen LogP contribution is -1.77. The second-order valence-corrected chi connectivity index (χ2v) is 2.18.